The van der Waals surface area contributed by atoms with E-state index >= 15 is 0 Å². The van der Waals surface area contributed by atoms with E-state index in [1.54, 1.807) is 0 Å². The van der Waals surface area contributed by atoms with Crippen molar-refractivity contribution >= 4 is 31.0 Å². The first-order chi connectivity index (χ1) is 15.6. The van der Waals surface area contributed by atoms with Crippen LogP contribution in [0.15, 0.2) is 48.5 Å². The van der Waals surface area contributed by atoms with E-state index in [0.29, 0.717) is 22.1 Å². The van der Waals surface area contributed by atoms with Crippen LogP contribution in [0, 0.1) is 0 Å². The van der Waals surface area contributed by atoms with Crippen molar-refractivity contribution in [1.82, 2.24) is 0 Å². The van der Waals surface area contributed by atoms with Crippen molar-refractivity contribution in [3.8, 4) is 28.4 Å². The third kappa shape index (κ3) is 4.20. The zero-order valence-electron chi connectivity index (χ0n) is 16.3. The van der Waals surface area contributed by atoms with E-state index in [-0.39, 0.29) is 17.7 Å². The predicted octanol–water partition coefficient (Wildman–Crippen LogP) is 4.86. The number of fused-ring (bicyclic) bond motifs is 5. The minimum atomic E-state index is -5.86. The van der Waals surface area contributed by atoms with Crippen LogP contribution < -0.4 is 13.1 Å². The molecule has 3 aromatic carbocycles. The van der Waals surface area contributed by atoms with E-state index in [1.165, 1.54) is 24.3 Å². The maximum absolute atomic E-state index is 12.5. The van der Waals surface area contributed by atoms with Gasteiger partial charge in [0.15, 0.2) is 0 Å². The van der Waals surface area contributed by atoms with Crippen LogP contribution >= 0.6 is 0 Å². The predicted molar refractivity (Wildman–Crippen MR) is 105 cm³/mol. The lowest BCUT2D eigenvalue weighted by atomic mass is 9.94. The van der Waals surface area contributed by atoms with Gasteiger partial charge in [0.2, 0.25) is 0 Å². The molecule has 4 rings (SSSR count). The zero-order valence-corrected chi connectivity index (χ0v) is 17.9. The smallest absolute Gasteiger partial charge is 0.488 e. The molecule has 34 heavy (non-hydrogen) atoms. The summed E-state index contributed by atoms with van der Waals surface area (Å²) >= 11 is 0. The van der Waals surface area contributed by atoms with Gasteiger partial charge in [0.05, 0.1) is 0 Å². The topological polar surface area (TPSA) is 96.0 Å². The zero-order chi connectivity index (χ0) is 25.1. The summed E-state index contributed by atoms with van der Waals surface area (Å²) in [6.45, 7) is -0.189. The van der Waals surface area contributed by atoms with Gasteiger partial charge in [-0.25, -0.2) is 0 Å². The van der Waals surface area contributed by atoms with E-state index < -0.39 is 42.8 Å². The van der Waals surface area contributed by atoms with Crippen molar-refractivity contribution in [2.75, 3.05) is 0 Å². The number of hydrogen-bond donors (Lipinski definition) is 0. The third-order valence-electron chi connectivity index (χ3n) is 4.66. The summed E-state index contributed by atoms with van der Waals surface area (Å²) in [6.07, 6.45) is 0. The Bertz CT molecular complexity index is 1510. The Morgan fingerprint density at radius 3 is 1.82 bits per heavy atom. The van der Waals surface area contributed by atoms with Crippen LogP contribution in [-0.4, -0.2) is 27.9 Å². The average molecular weight is 528 g/mol. The lowest BCUT2D eigenvalue weighted by Crippen LogP contribution is -2.28. The van der Waals surface area contributed by atoms with Crippen molar-refractivity contribution in [3.63, 3.8) is 0 Å². The molecule has 0 unspecified atom stereocenters. The van der Waals surface area contributed by atoms with Crippen LogP contribution in [0.5, 0.6) is 17.2 Å². The van der Waals surface area contributed by atoms with Crippen LogP contribution in [0.2, 0.25) is 0 Å². The van der Waals surface area contributed by atoms with E-state index in [9.17, 15) is 43.2 Å². The van der Waals surface area contributed by atoms with E-state index in [1.807, 2.05) is 0 Å². The fourth-order valence-corrected chi connectivity index (χ4v) is 4.10. The molecule has 0 atom stereocenters. The van der Waals surface area contributed by atoms with Gasteiger partial charge in [0, 0.05) is 16.5 Å². The Balaban J connectivity index is 1.69. The van der Waals surface area contributed by atoms with Gasteiger partial charge in [-0.15, -0.1) is 0 Å². The summed E-state index contributed by atoms with van der Waals surface area (Å²) in [6, 6.07) is 9.72. The first kappa shape index (κ1) is 23.9. The molecular formula is C19H10F6O7S2. The fourth-order valence-electron chi connectivity index (χ4n) is 3.20. The largest absolute Gasteiger partial charge is 0.534 e. The minimum absolute atomic E-state index is 0.189. The van der Waals surface area contributed by atoms with Crippen molar-refractivity contribution in [2.24, 2.45) is 0 Å². The standard InChI is InChI=1S/C19H10F6O7S2/c20-18(21,22)33(26,27)31-12-3-6-15-10(7-12)1-4-16-14-5-2-13(8-11(14)9-30-17(15)16)32-34(28,29)19(23,24)25/h1-8H,9H2. The van der Waals surface area contributed by atoms with Crippen molar-refractivity contribution in [1.29, 1.82) is 0 Å². The van der Waals surface area contributed by atoms with Gasteiger partial charge in [0.1, 0.15) is 23.9 Å². The average Bonchev–Trinajstić information content (AvgIpc) is 2.70. The van der Waals surface area contributed by atoms with E-state index in [0.717, 1.165) is 24.3 Å². The minimum Gasteiger partial charge on any atom is -0.488 e. The Morgan fingerprint density at radius 2 is 1.24 bits per heavy atom. The normalized spacial score (nSPS) is 14.2. The molecule has 1 heterocycles. The van der Waals surface area contributed by atoms with Gasteiger partial charge < -0.3 is 13.1 Å². The van der Waals surface area contributed by atoms with E-state index in [2.05, 4.69) is 8.37 Å². The van der Waals surface area contributed by atoms with Crippen molar-refractivity contribution < 1.29 is 56.3 Å². The number of ether oxygens (including phenoxy) is 1. The lowest BCUT2D eigenvalue weighted by molar-refractivity contribution is -0.0504. The van der Waals surface area contributed by atoms with Gasteiger partial charge >= 0.3 is 31.3 Å². The maximum Gasteiger partial charge on any atom is 0.534 e. The lowest BCUT2D eigenvalue weighted by Gasteiger charge is -2.23. The summed E-state index contributed by atoms with van der Waals surface area (Å²) in [5.41, 5.74) is -9.95. The molecule has 0 N–H and O–H groups in total. The highest BCUT2D eigenvalue weighted by molar-refractivity contribution is 7.88. The molecule has 0 saturated carbocycles. The molecule has 0 bridgehead atoms. The molecule has 0 saturated heterocycles. The second-order valence-corrected chi connectivity index (χ2v) is 9.97. The number of hydrogen-bond acceptors (Lipinski definition) is 7. The molecule has 1 aliphatic rings. The van der Waals surface area contributed by atoms with Gasteiger partial charge in [-0.05, 0) is 47.3 Å². The molecule has 3 aromatic rings. The highest BCUT2D eigenvalue weighted by Crippen LogP contribution is 2.44. The van der Waals surface area contributed by atoms with Crippen molar-refractivity contribution in [3.05, 3.63) is 54.1 Å². The molecule has 0 aromatic heterocycles. The monoisotopic (exact) mass is 528 g/mol. The molecule has 0 aliphatic carbocycles. The molecule has 0 amide bonds. The molecular weight excluding hydrogens is 518 g/mol. The van der Waals surface area contributed by atoms with Gasteiger partial charge in [-0.1, -0.05) is 12.1 Å². The molecule has 0 radical (unpaired) electrons. The number of rotatable bonds is 4. The van der Waals surface area contributed by atoms with Crippen LogP contribution in [0.3, 0.4) is 0 Å². The highest BCUT2D eigenvalue weighted by Gasteiger charge is 2.49. The molecule has 0 spiro atoms. The Kier molecular flexibility index (Phi) is 5.39. The second kappa shape index (κ2) is 7.66. The second-order valence-electron chi connectivity index (χ2n) is 6.90. The fraction of sp³-hybridized carbons (Fsp3) is 0.158. The third-order valence-corrected chi connectivity index (χ3v) is 6.62. The van der Waals surface area contributed by atoms with Crippen LogP contribution in [-0.2, 0) is 26.8 Å². The Hall–Kier alpha value is -3.20. The van der Waals surface area contributed by atoms with Gasteiger partial charge in [0.25, 0.3) is 0 Å². The first-order valence-electron chi connectivity index (χ1n) is 8.93. The van der Waals surface area contributed by atoms with Crippen LogP contribution in [0.25, 0.3) is 21.9 Å². The summed E-state index contributed by atoms with van der Waals surface area (Å²) in [5, 5.41) is 0.674. The van der Waals surface area contributed by atoms with Crippen LogP contribution in [0.4, 0.5) is 26.3 Å². The summed E-state index contributed by atoms with van der Waals surface area (Å²) in [4.78, 5) is 0. The van der Waals surface area contributed by atoms with Crippen LogP contribution in [0.1, 0.15) is 5.56 Å². The van der Waals surface area contributed by atoms with Gasteiger partial charge in [-0.2, -0.15) is 43.2 Å². The summed E-state index contributed by atoms with van der Waals surface area (Å²) in [7, 11) is -11.7. The number of benzene rings is 3. The Labute approximate surface area is 187 Å². The van der Waals surface area contributed by atoms with Gasteiger partial charge in [-0.3, -0.25) is 0 Å². The van der Waals surface area contributed by atoms with Crippen molar-refractivity contribution in [2.45, 2.75) is 17.6 Å². The molecule has 182 valence electrons. The quantitative estimate of drug-likeness (QED) is 0.271. The molecule has 15 heteroatoms. The molecule has 1 aliphatic heterocycles. The summed E-state index contributed by atoms with van der Waals surface area (Å²) < 4.78 is 134. The number of alkyl halides is 6. The number of halogens is 6. The molecule has 0 fully saturated rings. The Morgan fingerprint density at radius 1 is 0.706 bits per heavy atom. The maximum atomic E-state index is 12.5. The summed E-state index contributed by atoms with van der Waals surface area (Å²) in [5.74, 6) is -0.878. The molecule has 7 nitrogen and oxygen atoms in total. The van der Waals surface area contributed by atoms with E-state index in [4.69, 9.17) is 4.74 Å². The SMILES string of the molecule is O=S(=O)(Oc1ccc2c(c1)COc1c-2ccc2cc(OS(=O)(=O)C(F)(F)F)ccc12)C(F)(F)F. The highest BCUT2D eigenvalue weighted by atomic mass is 32.2. The first-order valence-corrected chi connectivity index (χ1v) is 11.7.